The number of rotatable bonds is 1. The van der Waals surface area contributed by atoms with Gasteiger partial charge in [-0.3, -0.25) is 4.40 Å². The molecule has 0 fully saturated rings. The Bertz CT molecular complexity index is 714. The standard InChI is InChI=1S/C14H12ClN3/c1-9-13-7-6-12(16)8-18(13)14(17-9)10-2-4-11(15)5-3-10/h2-8H,16H2,1H3. The molecule has 0 bridgehead atoms. The third kappa shape index (κ3) is 1.73. The summed E-state index contributed by atoms with van der Waals surface area (Å²) in [5.74, 6) is 0.881. The van der Waals surface area contributed by atoms with Gasteiger partial charge in [0.2, 0.25) is 0 Å². The maximum absolute atomic E-state index is 5.90. The van der Waals surface area contributed by atoms with Crippen LogP contribution in [0.1, 0.15) is 5.69 Å². The van der Waals surface area contributed by atoms with Crippen LogP contribution in [0.15, 0.2) is 42.6 Å². The van der Waals surface area contributed by atoms with Gasteiger partial charge < -0.3 is 5.73 Å². The van der Waals surface area contributed by atoms with Gasteiger partial charge in [-0.15, -0.1) is 0 Å². The molecule has 2 heterocycles. The molecule has 0 amide bonds. The first-order chi connectivity index (χ1) is 8.65. The van der Waals surface area contributed by atoms with Gasteiger partial charge in [0.1, 0.15) is 5.82 Å². The van der Waals surface area contributed by atoms with Gasteiger partial charge in [-0.1, -0.05) is 11.6 Å². The molecule has 0 saturated carbocycles. The number of anilines is 1. The van der Waals surface area contributed by atoms with Gasteiger partial charge in [-0.05, 0) is 43.3 Å². The topological polar surface area (TPSA) is 43.3 Å². The predicted molar refractivity (Wildman–Crippen MR) is 74.8 cm³/mol. The van der Waals surface area contributed by atoms with Crippen molar-refractivity contribution in [2.45, 2.75) is 6.92 Å². The van der Waals surface area contributed by atoms with Crippen LogP contribution in [0, 0.1) is 6.92 Å². The third-order valence-electron chi connectivity index (χ3n) is 2.95. The average molecular weight is 258 g/mol. The molecule has 0 aliphatic heterocycles. The van der Waals surface area contributed by atoms with Gasteiger partial charge >= 0.3 is 0 Å². The summed E-state index contributed by atoms with van der Waals surface area (Å²) >= 11 is 5.90. The predicted octanol–water partition coefficient (Wildman–Crippen LogP) is 3.55. The number of hydrogen-bond acceptors (Lipinski definition) is 2. The molecule has 2 N–H and O–H groups in total. The van der Waals surface area contributed by atoms with Gasteiger partial charge in [0.05, 0.1) is 11.2 Å². The minimum Gasteiger partial charge on any atom is -0.398 e. The van der Waals surface area contributed by atoms with Crippen LogP contribution >= 0.6 is 11.6 Å². The van der Waals surface area contributed by atoms with E-state index in [9.17, 15) is 0 Å². The van der Waals surface area contributed by atoms with E-state index in [1.54, 1.807) is 0 Å². The Hall–Kier alpha value is -2.00. The Kier molecular flexibility index (Phi) is 2.49. The lowest BCUT2D eigenvalue weighted by molar-refractivity contribution is 1.16. The largest absolute Gasteiger partial charge is 0.398 e. The second kappa shape index (κ2) is 4.03. The zero-order chi connectivity index (χ0) is 12.7. The number of halogens is 1. The lowest BCUT2D eigenvalue weighted by atomic mass is 10.2. The van der Waals surface area contributed by atoms with Crippen molar-refractivity contribution in [3.8, 4) is 11.4 Å². The van der Waals surface area contributed by atoms with Crippen molar-refractivity contribution >= 4 is 22.8 Å². The SMILES string of the molecule is Cc1nc(-c2ccc(Cl)cc2)n2cc(N)ccc12. The lowest BCUT2D eigenvalue weighted by Crippen LogP contribution is -1.92. The van der Waals surface area contributed by atoms with Gasteiger partial charge in [-0.2, -0.15) is 0 Å². The molecular weight excluding hydrogens is 246 g/mol. The molecule has 0 radical (unpaired) electrons. The van der Waals surface area contributed by atoms with E-state index in [4.69, 9.17) is 17.3 Å². The van der Waals surface area contributed by atoms with Crippen molar-refractivity contribution in [1.82, 2.24) is 9.38 Å². The van der Waals surface area contributed by atoms with Gasteiger partial charge in [0, 0.05) is 22.5 Å². The molecular formula is C14H12ClN3. The van der Waals surface area contributed by atoms with E-state index >= 15 is 0 Å². The molecule has 1 aromatic carbocycles. The first-order valence-electron chi connectivity index (χ1n) is 5.65. The molecule has 2 aromatic heterocycles. The molecule has 0 aliphatic rings. The van der Waals surface area contributed by atoms with E-state index in [1.807, 2.05) is 53.9 Å². The van der Waals surface area contributed by atoms with Crippen LogP contribution in [0.2, 0.25) is 5.02 Å². The highest BCUT2D eigenvalue weighted by Gasteiger charge is 2.09. The number of nitrogen functional groups attached to an aromatic ring is 1. The normalized spacial score (nSPS) is 11.0. The summed E-state index contributed by atoms with van der Waals surface area (Å²) in [6.45, 7) is 1.99. The number of nitrogens with two attached hydrogens (primary N) is 1. The van der Waals surface area contributed by atoms with Crippen molar-refractivity contribution in [2.24, 2.45) is 0 Å². The van der Waals surface area contributed by atoms with E-state index in [0.29, 0.717) is 0 Å². The number of nitrogens with zero attached hydrogens (tertiary/aromatic N) is 2. The number of hydrogen-bond donors (Lipinski definition) is 1. The summed E-state index contributed by atoms with van der Waals surface area (Å²) in [5.41, 5.74) is 9.62. The monoisotopic (exact) mass is 257 g/mol. The van der Waals surface area contributed by atoms with E-state index in [1.165, 1.54) is 0 Å². The molecule has 90 valence electrons. The maximum atomic E-state index is 5.90. The number of imidazole rings is 1. The summed E-state index contributed by atoms with van der Waals surface area (Å²) in [7, 11) is 0. The smallest absolute Gasteiger partial charge is 0.144 e. The van der Waals surface area contributed by atoms with Crippen molar-refractivity contribution < 1.29 is 0 Å². The fraction of sp³-hybridized carbons (Fsp3) is 0.0714. The second-order valence-corrected chi connectivity index (χ2v) is 4.68. The van der Waals surface area contributed by atoms with Gasteiger partial charge in [0.25, 0.3) is 0 Å². The summed E-state index contributed by atoms with van der Waals surface area (Å²) in [6, 6.07) is 11.5. The van der Waals surface area contributed by atoms with Crippen LogP contribution in [0.3, 0.4) is 0 Å². The van der Waals surface area contributed by atoms with Crippen molar-refractivity contribution in [1.29, 1.82) is 0 Å². The second-order valence-electron chi connectivity index (χ2n) is 4.25. The number of fused-ring (bicyclic) bond motifs is 1. The molecule has 0 aliphatic carbocycles. The van der Waals surface area contributed by atoms with Gasteiger partial charge in [-0.25, -0.2) is 4.98 Å². The van der Waals surface area contributed by atoms with Crippen molar-refractivity contribution in [2.75, 3.05) is 5.73 Å². The molecule has 3 nitrogen and oxygen atoms in total. The first kappa shape index (κ1) is 11.1. The van der Waals surface area contributed by atoms with Crippen LogP contribution in [-0.4, -0.2) is 9.38 Å². The highest BCUT2D eigenvalue weighted by Crippen LogP contribution is 2.24. The van der Waals surface area contributed by atoms with Crippen LogP contribution < -0.4 is 5.73 Å². The zero-order valence-electron chi connectivity index (χ0n) is 9.89. The molecule has 4 heteroatoms. The first-order valence-corrected chi connectivity index (χ1v) is 6.03. The summed E-state index contributed by atoms with van der Waals surface area (Å²) < 4.78 is 2.01. The Morgan fingerprint density at radius 2 is 1.83 bits per heavy atom. The highest BCUT2D eigenvalue weighted by molar-refractivity contribution is 6.30. The molecule has 0 atom stereocenters. The zero-order valence-corrected chi connectivity index (χ0v) is 10.6. The Morgan fingerprint density at radius 1 is 1.11 bits per heavy atom. The van der Waals surface area contributed by atoms with Gasteiger partial charge in [0.15, 0.2) is 0 Å². The molecule has 0 saturated heterocycles. The molecule has 3 rings (SSSR count). The number of aromatic nitrogens is 2. The quantitative estimate of drug-likeness (QED) is 0.725. The Labute approximate surface area is 110 Å². The highest BCUT2D eigenvalue weighted by atomic mass is 35.5. The Morgan fingerprint density at radius 3 is 2.56 bits per heavy atom. The molecule has 3 aromatic rings. The summed E-state index contributed by atoms with van der Waals surface area (Å²) in [5, 5.41) is 0.718. The lowest BCUT2D eigenvalue weighted by Gasteiger charge is -2.02. The van der Waals surface area contributed by atoms with E-state index in [2.05, 4.69) is 4.98 Å². The minimum atomic E-state index is 0.718. The molecule has 0 spiro atoms. The molecule has 0 unspecified atom stereocenters. The van der Waals surface area contributed by atoms with Crippen LogP contribution in [0.4, 0.5) is 5.69 Å². The van der Waals surface area contributed by atoms with E-state index in [-0.39, 0.29) is 0 Å². The maximum Gasteiger partial charge on any atom is 0.144 e. The molecule has 18 heavy (non-hydrogen) atoms. The number of aryl methyl sites for hydroxylation is 1. The van der Waals surface area contributed by atoms with Crippen molar-refractivity contribution in [3.05, 3.63) is 53.3 Å². The number of pyridine rings is 1. The summed E-state index contributed by atoms with van der Waals surface area (Å²) in [4.78, 5) is 4.60. The van der Waals surface area contributed by atoms with E-state index < -0.39 is 0 Å². The number of benzene rings is 1. The third-order valence-corrected chi connectivity index (χ3v) is 3.20. The minimum absolute atomic E-state index is 0.718. The fourth-order valence-corrected chi connectivity index (χ4v) is 2.19. The summed E-state index contributed by atoms with van der Waals surface area (Å²) in [6.07, 6.45) is 1.89. The Balaban J connectivity index is 2.28. The fourth-order valence-electron chi connectivity index (χ4n) is 2.06. The van der Waals surface area contributed by atoms with Crippen molar-refractivity contribution in [3.63, 3.8) is 0 Å². The average Bonchev–Trinajstić information content (AvgIpc) is 2.67. The van der Waals surface area contributed by atoms with Crippen LogP contribution in [0.25, 0.3) is 16.9 Å². The van der Waals surface area contributed by atoms with Crippen LogP contribution in [-0.2, 0) is 0 Å². The van der Waals surface area contributed by atoms with E-state index in [0.717, 1.165) is 33.3 Å². The van der Waals surface area contributed by atoms with Crippen LogP contribution in [0.5, 0.6) is 0 Å².